The van der Waals surface area contributed by atoms with Gasteiger partial charge in [0.2, 0.25) is 5.91 Å². The first-order chi connectivity index (χ1) is 14.0. The maximum absolute atomic E-state index is 13.2. The first kappa shape index (κ1) is 18.9. The van der Waals surface area contributed by atoms with Crippen LogP contribution in [0.1, 0.15) is 22.8 Å². The minimum Gasteiger partial charge on any atom is -0.368 e. The predicted molar refractivity (Wildman–Crippen MR) is 115 cm³/mol. The quantitative estimate of drug-likeness (QED) is 0.746. The minimum atomic E-state index is -0.164. The zero-order chi connectivity index (χ0) is 20.4. The van der Waals surface area contributed by atoms with E-state index in [9.17, 15) is 9.59 Å². The number of piperazine rings is 1. The summed E-state index contributed by atoms with van der Waals surface area (Å²) in [6.45, 7) is 6.48. The van der Waals surface area contributed by atoms with Crippen molar-refractivity contribution in [3.8, 4) is 0 Å². The summed E-state index contributed by atoms with van der Waals surface area (Å²) >= 11 is 0. The Morgan fingerprint density at radius 2 is 1.69 bits per heavy atom. The van der Waals surface area contributed by atoms with E-state index in [4.69, 9.17) is 0 Å². The number of nitrogens with zero attached hydrogens (tertiary/aromatic N) is 3. The van der Waals surface area contributed by atoms with Crippen LogP contribution in [0, 0.1) is 6.92 Å². The molecule has 1 aliphatic rings. The van der Waals surface area contributed by atoms with Gasteiger partial charge in [-0.05, 0) is 31.2 Å². The Kier molecular flexibility index (Phi) is 5.16. The lowest BCUT2D eigenvalue weighted by Crippen LogP contribution is -2.48. The number of para-hydroxylation sites is 1. The number of rotatable bonds is 3. The van der Waals surface area contributed by atoms with Crippen LogP contribution < -0.4 is 10.2 Å². The number of carbonyl (C=O) groups excluding carboxylic acids is 2. The number of aromatic nitrogens is 1. The van der Waals surface area contributed by atoms with Crippen LogP contribution >= 0.6 is 0 Å². The Bertz CT molecular complexity index is 1050. The standard InChI is InChI=1S/C23H24N4O2/c1-16-6-8-18(9-7-16)26-12-14-27(15-13-26)23(29)20-10-11-24-22-19(20)4-3-5-21(22)25-17(2)28/h3-11H,12-15H2,1-2H3,(H,25,28). The second kappa shape index (κ2) is 7.91. The Hall–Kier alpha value is -3.41. The SMILES string of the molecule is CC(=O)Nc1cccc2c(C(=O)N3CCN(c4ccc(C)cc4)CC3)ccnc12. The number of nitrogens with one attached hydrogen (secondary N) is 1. The number of hydrogen-bond acceptors (Lipinski definition) is 4. The molecular weight excluding hydrogens is 364 g/mol. The third-order valence-electron chi connectivity index (χ3n) is 5.28. The van der Waals surface area contributed by atoms with Gasteiger partial charge in [-0.1, -0.05) is 29.8 Å². The molecule has 0 aliphatic carbocycles. The molecule has 148 valence electrons. The van der Waals surface area contributed by atoms with Gasteiger partial charge in [-0.2, -0.15) is 0 Å². The number of carbonyl (C=O) groups is 2. The molecule has 1 aromatic heterocycles. The summed E-state index contributed by atoms with van der Waals surface area (Å²) in [7, 11) is 0. The van der Waals surface area contributed by atoms with E-state index in [2.05, 4.69) is 46.4 Å². The third-order valence-corrected chi connectivity index (χ3v) is 5.28. The van der Waals surface area contributed by atoms with Crippen molar-refractivity contribution in [2.75, 3.05) is 36.4 Å². The van der Waals surface area contributed by atoms with E-state index in [1.807, 2.05) is 17.0 Å². The fraction of sp³-hybridized carbons (Fsp3) is 0.261. The molecule has 2 aromatic carbocycles. The van der Waals surface area contributed by atoms with Gasteiger partial charge in [-0.15, -0.1) is 0 Å². The molecule has 6 heteroatoms. The van der Waals surface area contributed by atoms with Gasteiger partial charge in [0.1, 0.15) is 0 Å². The highest BCUT2D eigenvalue weighted by Crippen LogP contribution is 2.26. The van der Waals surface area contributed by atoms with E-state index in [-0.39, 0.29) is 11.8 Å². The van der Waals surface area contributed by atoms with Crippen LogP contribution in [0.5, 0.6) is 0 Å². The van der Waals surface area contributed by atoms with Crippen LogP contribution in [-0.2, 0) is 4.79 Å². The Labute approximate surface area is 170 Å². The first-order valence-corrected chi connectivity index (χ1v) is 9.79. The Morgan fingerprint density at radius 3 is 2.38 bits per heavy atom. The molecular formula is C23H24N4O2. The average Bonchev–Trinajstić information content (AvgIpc) is 2.73. The molecule has 0 spiro atoms. The van der Waals surface area contributed by atoms with Crippen LogP contribution in [0.2, 0.25) is 0 Å². The molecule has 0 unspecified atom stereocenters. The lowest BCUT2D eigenvalue weighted by atomic mass is 10.1. The zero-order valence-electron chi connectivity index (χ0n) is 16.7. The van der Waals surface area contributed by atoms with Gasteiger partial charge in [0.25, 0.3) is 5.91 Å². The molecule has 0 atom stereocenters. The second-order valence-electron chi connectivity index (χ2n) is 7.36. The zero-order valence-corrected chi connectivity index (χ0v) is 16.7. The van der Waals surface area contributed by atoms with Gasteiger partial charge in [0.05, 0.1) is 16.8 Å². The molecule has 6 nitrogen and oxygen atoms in total. The number of anilines is 2. The van der Waals surface area contributed by atoms with Crippen LogP contribution in [-0.4, -0.2) is 47.9 Å². The summed E-state index contributed by atoms with van der Waals surface area (Å²) in [5.41, 5.74) is 4.30. The van der Waals surface area contributed by atoms with Gasteiger partial charge in [0, 0.05) is 50.4 Å². The summed E-state index contributed by atoms with van der Waals surface area (Å²) in [5.74, 6) is -0.163. The minimum absolute atomic E-state index is 0.000862. The number of pyridine rings is 1. The summed E-state index contributed by atoms with van der Waals surface area (Å²) in [4.78, 5) is 33.3. The molecule has 1 N–H and O–H groups in total. The predicted octanol–water partition coefficient (Wildman–Crippen LogP) is 3.46. The van der Waals surface area contributed by atoms with Gasteiger partial charge < -0.3 is 15.1 Å². The maximum Gasteiger partial charge on any atom is 0.254 e. The number of benzene rings is 2. The van der Waals surface area contributed by atoms with Crippen molar-refractivity contribution in [2.45, 2.75) is 13.8 Å². The molecule has 2 heterocycles. The molecule has 3 aromatic rings. The normalized spacial score (nSPS) is 14.1. The fourth-order valence-electron chi connectivity index (χ4n) is 3.75. The van der Waals surface area contributed by atoms with E-state index >= 15 is 0 Å². The summed E-state index contributed by atoms with van der Waals surface area (Å²) < 4.78 is 0. The Balaban J connectivity index is 1.54. The van der Waals surface area contributed by atoms with Crippen molar-refractivity contribution in [1.29, 1.82) is 0 Å². The largest absolute Gasteiger partial charge is 0.368 e. The molecule has 29 heavy (non-hydrogen) atoms. The van der Waals surface area contributed by atoms with Crippen molar-refractivity contribution < 1.29 is 9.59 Å². The lowest BCUT2D eigenvalue weighted by molar-refractivity contribution is -0.114. The highest BCUT2D eigenvalue weighted by atomic mass is 16.2. The van der Waals surface area contributed by atoms with Crippen molar-refractivity contribution in [2.24, 2.45) is 0 Å². The van der Waals surface area contributed by atoms with E-state index in [1.165, 1.54) is 18.2 Å². The van der Waals surface area contributed by atoms with Crippen molar-refractivity contribution in [3.63, 3.8) is 0 Å². The molecule has 1 aliphatic heterocycles. The highest BCUT2D eigenvalue weighted by molar-refractivity contribution is 6.10. The van der Waals surface area contributed by atoms with Crippen LogP contribution in [0.4, 0.5) is 11.4 Å². The fourth-order valence-corrected chi connectivity index (χ4v) is 3.75. The van der Waals surface area contributed by atoms with E-state index in [0.29, 0.717) is 29.9 Å². The molecule has 0 bridgehead atoms. The van der Waals surface area contributed by atoms with E-state index in [1.54, 1.807) is 18.3 Å². The smallest absolute Gasteiger partial charge is 0.254 e. The summed E-state index contributed by atoms with van der Waals surface area (Å²) in [5, 5.41) is 3.54. The average molecular weight is 388 g/mol. The van der Waals surface area contributed by atoms with Crippen molar-refractivity contribution in [1.82, 2.24) is 9.88 Å². The van der Waals surface area contributed by atoms with Gasteiger partial charge >= 0.3 is 0 Å². The van der Waals surface area contributed by atoms with Crippen molar-refractivity contribution >= 4 is 34.1 Å². The topological polar surface area (TPSA) is 65.5 Å². The van der Waals surface area contributed by atoms with Gasteiger partial charge in [0.15, 0.2) is 0 Å². The monoisotopic (exact) mass is 388 g/mol. The molecule has 0 saturated carbocycles. The number of amides is 2. The summed E-state index contributed by atoms with van der Waals surface area (Å²) in [6.07, 6.45) is 1.63. The Morgan fingerprint density at radius 1 is 0.966 bits per heavy atom. The van der Waals surface area contributed by atoms with E-state index in [0.717, 1.165) is 18.5 Å². The third kappa shape index (κ3) is 3.92. The van der Waals surface area contributed by atoms with Crippen LogP contribution in [0.15, 0.2) is 54.7 Å². The lowest BCUT2D eigenvalue weighted by Gasteiger charge is -2.36. The van der Waals surface area contributed by atoms with Gasteiger partial charge in [-0.3, -0.25) is 14.6 Å². The molecule has 4 rings (SSSR count). The number of aryl methyl sites for hydroxylation is 1. The molecule has 1 fully saturated rings. The number of fused-ring (bicyclic) bond motifs is 1. The van der Waals surface area contributed by atoms with Crippen LogP contribution in [0.25, 0.3) is 10.9 Å². The van der Waals surface area contributed by atoms with Crippen molar-refractivity contribution in [3.05, 3.63) is 65.9 Å². The highest BCUT2D eigenvalue weighted by Gasteiger charge is 2.24. The number of hydrogen-bond donors (Lipinski definition) is 1. The maximum atomic E-state index is 13.2. The van der Waals surface area contributed by atoms with Gasteiger partial charge in [-0.25, -0.2) is 0 Å². The molecule has 2 amide bonds. The van der Waals surface area contributed by atoms with E-state index < -0.39 is 0 Å². The molecule has 0 radical (unpaired) electrons. The first-order valence-electron chi connectivity index (χ1n) is 9.79. The summed E-state index contributed by atoms with van der Waals surface area (Å²) in [6, 6.07) is 15.8. The molecule has 1 saturated heterocycles. The van der Waals surface area contributed by atoms with Crippen LogP contribution in [0.3, 0.4) is 0 Å². The second-order valence-corrected chi connectivity index (χ2v) is 7.36.